The molecule has 0 fully saturated rings. The second-order valence-electron chi connectivity index (χ2n) is 3.82. The Morgan fingerprint density at radius 1 is 1.35 bits per heavy atom. The van der Waals surface area contributed by atoms with Crippen molar-refractivity contribution in [3.63, 3.8) is 0 Å². The number of aromatic nitrogens is 1. The Hall–Kier alpha value is -2.63. The molecule has 0 amide bonds. The monoisotopic (exact) mass is 277 g/mol. The van der Waals surface area contributed by atoms with E-state index in [0.29, 0.717) is 17.0 Å². The van der Waals surface area contributed by atoms with Gasteiger partial charge in [0.05, 0.1) is 14.2 Å². The summed E-state index contributed by atoms with van der Waals surface area (Å²) in [5.41, 5.74) is 1.07. The zero-order chi connectivity index (χ0) is 14.5. The van der Waals surface area contributed by atoms with Gasteiger partial charge in [0.2, 0.25) is 0 Å². The van der Waals surface area contributed by atoms with Crippen LogP contribution in [0.15, 0.2) is 34.9 Å². The number of esters is 1. The second kappa shape index (κ2) is 6.01. The van der Waals surface area contributed by atoms with Crippen molar-refractivity contribution in [3.8, 4) is 17.1 Å². The highest BCUT2D eigenvalue weighted by atomic mass is 19.1. The van der Waals surface area contributed by atoms with Gasteiger partial charge in [-0.3, -0.25) is 0 Å². The van der Waals surface area contributed by atoms with Crippen molar-refractivity contribution >= 4 is 12.0 Å². The van der Waals surface area contributed by atoms with E-state index in [4.69, 9.17) is 9.26 Å². The first-order valence-electron chi connectivity index (χ1n) is 5.70. The van der Waals surface area contributed by atoms with E-state index in [0.717, 1.165) is 0 Å². The normalized spacial score (nSPS) is 10.8. The maximum Gasteiger partial charge on any atom is 0.330 e. The Kier molecular flexibility index (Phi) is 4.14. The van der Waals surface area contributed by atoms with E-state index in [-0.39, 0.29) is 5.75 Å². The topological polar surface area (TPSA) is 61.6 Å². The molecular weight excluding hydrogens is 265 g/mol. The van der Waals surface area contributed by atoms with Crippen LogP contribution in [0.25, 0.3) is 17.4 Å². The first-order valence-corrected chi connectivity index (χ1v) is 5.70. The molecule has 1 aromatic carbocycles. The predicted molar refractivity (Wildman–Crippen MR) is 69.5 cm³/mol. The van der Waals surface area contributed by atoms with Crippen LogP contribution in [0.3, 0.4) is 0 Å². The van der Waals surface area contributed by atoms with E-state index in [9.17, 15) is 9.18 Å². The van der Waals surface area contributed by atoms with Crippen LogP contribution in [0.2, 0.25) is 0 Å². The lowest BCUT2D eigenvalue weighted by atomic mass is 10.1. The number of rotatable bonds is 4. The van der Waals surface area contributed by atoms with Crippen LogP contribution >= 0.6 is 0 Å². The molecule has 0 radical (unpaired) electrons. The van der Waals surface area contributed by atoms with Crippen LogP contribution in [0, 0.1) is 5.82 Å². The molecule has 1 aromatic heterocycles. The van der Waals surface area contributed by atoms with Gasteiger partial charge in [-0.05, 0) is 24.3 Å². The van der Waals surface area contributed by atoms with Crippen molar-refractivity contribution in [2.75, 3.05) is 14.2 Å². The van der Waals surface area contributed by atoms with Gasteiger partial charge in [-0.25, -0.2) is 9.18 Å². The third-order valence-electron chi connectivity index (χ3n) is 2.56. The van der Waals surface area contributed by atoms with Crippen molar-refractivity contribution in [1.82, 2.24) is 5.16 Å². The highest BCUT2D eigenvalue weighted by Gasteiger charge is 2.09. The Bertz CT molecular complexity index is 648. The molecule has 20 heavy (non-hydrogen) atoms. The zero-order valence-electron chi connectivity index (χ0n) is 10.9. The Labute approximate surface area is 114 Å². The average Bonchev–Trinajstić information content (AvgIpc) is 2.94. The first kappa shape index (κ1) is 13.8. The van der Waals surface area contributed by atoms with Gasteiger partial charge in [0, 0.05) is 17.7 Å². The summed E-state index contributed by atoms with van der Waals surface area (Å²) >= 11 is 0. The number of halogens is 1. The summed E-state index contributed by atoms with van der Waals surface area (Å²) in [6.07, 6.45) is 2.69. The maximum atomic E-state index is 13.3. The van der Waals surface area contributed by atoms with E-state index in [1.54, 1.807) is 12.1 Å². The molecule has 104 valence electrons. The van der Waals surface area contributed by atoms with E-state index in [2.05, 4.69) is 9.89 Å². The fourth-order valence-electron chi connectivity index (χ4n) is 1.54. The van der Waals surface area contributed by atoms with Gasteiger partial charge in [0.1, 0.15) is 5.69 Å². The summed E-state index contributed by atoms with van der Waals surface area (Å²) in [4.78, 5) is 11.0. The van der Waals surface area contributed by atoms with Crippen molar-refractivity contribution < 1.29 is 23.2 Å². The number of benzene rings is 1. The molecule has 2 rings (SSSR count). The zero-order valence-corrected chi connectivity index (χ0v) is 10.9. The molecule has 0 aliphatic rings. The molecule has 5 nitrogen and oxygen atoms in total. The van der Waals surface area contributed by atoms with Gasteiger partial charge >= 0.3 is 5.97 Å². The minimum atomic E-state index is -0.488. The third kappa shape index (κ3) is 3.03. The Balaban J connectivity index is 2.24. The summed E-state index contributed by atoms with van der Waals surface area (Å²) in [5.74, 6) is -0.391. The predicted octanol–water partition coefficient (Wildman–Crippen LogP) is 2.68. The molecule has 0 aliphatic carbocycles. The molecule has 2 aromatic rings. The molecule has 0 aliphatic heterocycles. The van der Waals surface area contributed by atoms with Crippen molar-refractivity contribution in [1.29, 1.82) is 0 Å². The third-order valence-corrected chi connectivity index (χ3v) is 2.56. The lowest BCUT2D eigenvalue weighted by Crippen LogP contribution is -1.93. The maximum absolute atomic E-state index is 13.3. The summed E-state index contributed by atoms with van der Waals surface area (Å²) in [5, 5.41) is 3.77. The second-order valence-corrected chi connectivity index (χ2v) is 3.82. The van der Waals surface area contributed by atoms with Crippen LogP contribution in [0.5, 0.6) is 5.75 Å². The number of hydrogen-bond acceptors (Lipinski definition) is 5. The first-order chi connectivity index (χ1) is 9.63. The Morgan fingerprint density at radius 3 is 2.85 bits per heavy atom. The van der Waals surface area contributed by atoms with Gasteiger partial charge in [-0.1, -0.05) is 5.16 Å². The number of ether oxygens (including phenoxy) is 2. The average molecular weight is 277 g/mol. The van der Waals surface area contributed by atoms with Gasteiger partial charge in [0.15, 0.2) is 17.3 Å². The van der Waals surface area contributed by atoms with Crippen LogP contribution in [0.4, 0.5) is 4.39 Å². The minimum Gasteiger partial charge on any atom is -0.494 e. The smallest absolute Gasteiger partial charge is 0.330 e. The van der Waals surface area contributed by atoms with Crippen molar-refractivity contribution in [2.24, 2.45) is 0 Å². The molecule has 0 saturated heterocycles. The lowest BCUT2D eigenvalue weighted by molar-refractivity contribution is -0.134. The van der Waals surface area contributed by atoms with Crippen molar-refractivity contribution in [3.05, 3.63) is 41.9 Å². The van der Waals surface area contributed by atoms with Crippen LogP contribution < -0.4 is 4.74 Å². The minimum absolute atomic E-state index is 0.116. The number of carbonyl (C=O) groups excluding carboxylic acids is 1. The van der Waals surface area contributed by atoms with E-state index in [1.165, 1.54) is 38.5 Å². The molecule has 0 bridgehead atoms. The summed E-state index contributed by atoms with van der Waals surface area (Å²) in [6.45, 7) is 0. The highest BCUT2D eigenvalue weighted by molar-refractivity contribution is 5.86. The number of carbonyl (C=O) groups is 1. The lowest BCUT2D eigenvalue weighted by Gasteiger charge is -2.02. The summed E-state index contributed by atoms with van der Waals surface area (Å²) in [6, 6.07) is 5.95. The van der Waals surface area contributed by atoms with Gasteiger partial charge < -0.3 is 14.0 Å². The SMILES string of the molecule is COC(=O)/C=C/c1cc(-c2ccc(F)c(OC)c2)on1. The quantitative estimate of drug-likeness (QED) is 0.635. The molecule has 1 heterocycles. The number of hydrogen-bond donors (Lipinski definition) is 0. The summed E-state index contributed by atoms with van der Waals surface area (Å²) < 4.78 is 27.8. The molecule has 0 unspecified atom stereocenters. The molecule has 6 heteroatoms. The standard InChI is InChI=1S/C14H12FNO4/c1-18-13-7-9(3-5-11(13)15)12-8-10(16-20-12)4-6-14(17)19-2/h3-8H,1-2H3/b6-4+. The molecule has 0 N–H and O–H groups in total. The largest absolute Gasteiger partial charge is 0.494 e. The fraction of sp³-hybridized carbons (Fsp3) is 0.143. The molecule has 0 atom stereocenters. The van der Waals surface area contributed by atoms with Crippen LogP contribution in [-0.4, -0.2) is 25.3 Å². The van der Waals surface area contributed by atoms with E-state index < -0.39 is 11.8 Å². The van der Waals surface area contributed by atoms with E-state index in [1.807, 2.05) is 0 Å². The van der Waals surface area contributed by atoms with Crippen LogP contribution in [0.1, 0.15) is 5.69 Å². The molecule has 0 saturated carbocycles. The van der Waals surface area contributed by atoms with Crippen molar-refractivity contribution in [2.45, 2.75) is 0 Å². The molecular formula is C14H12FNO4. The number of methoxy groups -OCH3 is 2. The molecule has 0 spiro atoms. The van der Waals surface area contributed by atoms with Gasteiger partial charge in [0.25, 0.3) is 0 Å². The summed E-state index contributed by atoms with van der Waals surface area (Å²) in [7, 11) is 2.67. The fourth-order valence-corrected chi connectivity index (χ4v) is 1.54. The van der Waals surface area contributed by atoms with Gasteiger partial charge in [-0.2, -0.15) is 0 Å². The Morgan fingerprint density at radius 2 is 2.15 bits per heavy atom. The van der Waals surface area contributed by atoms with Crippen LogP contribution in [-0.2, 0) is 9.53 Å². The highest BCUT2D eigenvalue weighted by Crippen LogP contribution is 2.27. The van der Waals surface area contributed by atoms with Gasteiger partial charge in [-0.15, -0.1) is 0 Å². The number of nitrogens with zero attached hydrogens (tertiary/aromatic N) is 1. The van der Waals surface area contributed by atoms with E-state index >= 15 is 0 Å².